The molecule has 0 radical (unpaired) electrons. The van der Waals surface area contributed by atoms with Gasteiger partial charge >= 0.3 is 0 Å². The molecule has 1 heterocycles. The number of amides is 2. The number of likely N-dealkylation sites (N-methyl/N-ethyl adjacent to an activating group) is 1. The molecule has 92 valence electrons. The first-order chi connectivity index (χ1) is 7.50. The van der Waals surface area contributed by atoms with Crippen LogP contribution in [0.1, 0.15) is 20.3 Å². The van der Waals surface area contributed by atoms with Gasteiger partial charge in [-0.15, -0.1) is 0 Å². The van der Waals surface area contributed by atoms with Crippen LogP contribution in [-0.2, 0) is 14.3 Å². The molecule has 0 aromatic carbocycles. The Hall–Kier alpha value is -1.10. The Bertz CT molecular complexity index is 266. The fourth-order valence-electron chi connectivity index (χ4n) is 1.63. The molecule has 0 aromatic heterocycles. The van der Waals surface area contributed by atoms with E-state index in [2.05, 4.69) is 5.32 Å². The van der Waals surface area contributed by atoms with Crippen molar-refractivity contribution in [2.24, 2.45) is 5.92 Å². The third-order valence-corrected chi connectivity index (χ3v) is 2.58. The second-order valence-corrected chi connectivity index (χ2v) is 4.38. The zero-order valence-electron chi connectivity index (χ0n) is 10.2. The molecular weight excluding hydrogens is 208 g/mol. The van der Waals surface area contributed by atoms with Crippen molar-refractivity contribution in [2.45, 2.75) is 26.4 Å². The van der Waals surface area contributed by atoms with E-state index >= 15 is 0 Å². The lowest BCUT2D eigenvalue weighted by molar-refractivity contribution is -0.135. The van der Waals surface area contributed by atoms with Crippen molar-refractivity contribution in [2.75, 3.05) is 26.7 Å². The zero-order chi connectivity index (χ0) is 12.1. The first kappa shape index (κ1) is 13.0. The van der Waals surface area contributed by atoms with Gasteiger partial charge in [-0.2, -0.15) is 0 Å². The van der Waals surface area contributed by atoms with Crippen LogP contribution in [0.3, 0.4) is 0 Å². The number of nitrogens with one attached hydrogen (secondary N) is 1. The maximum absolute atomic E-state index is 11.8. The van der Waals surface area contributed by atoms with Gasteiger partial charge in [-0.25, -0.2) is 0 Å². The Morgan fingerprint density at radius 3 is 2.81 bits per heavy atom. The summed E-state index contributed by atoms with van der Waals surface area (Å²) in [7, 11) is 1.74. The van der Waals surface area contributed by atoms with E-state index in [1.54, 1.807) is 11.9 Å². The Labute approximate surface area is 96.1 Å². The molecule has 0 bridgehead atoms. The summed E-state index contributed by atoms with van der Waals surface area (Å²) >= 11 is 0. The van der Waals surface area contributed by atoms with Crippen molar-refractivity contribution in [1.29, 1.82) is 0 Å². The van der Waals surface area contributed by atoms with Crippen molar-refractivity contribution < 1.29 is 14.3 Å². The van der Waals surface area contributed by atoms with E-state index in [4.69, 9.17) is 4.74 Å². The molecule has 1 rings (SSSR count). The highest BCUT2D eigenvalue weighted by Crippen LogP contribution is 2.11. The summed E-state index contributed by atoms with van der Waals surface area (Å²) in [6.07, 6.45) is 0.493. The molecular formula is C11H20N2O3. The van der Waals surface area contributed by atoms with Gasteiger partial charge < -0.3 is 15.0 Å². The van der Waals surface area contributed by atoms with Crippen molar-refractivity contribution in [3.05, 3.63) is 0 Å². The van der Waals surface area contributed by atoms with Crippen LogP contribution < -0.4 is 5.32 Å². The second kappa shape index (κ2) is 5.84. The SMILES string of the molecule is CC(C)OCCN(C)C(=O)C1CNC(=O)C1. The maximum Gasteiger partial charge on any atom is 0.227 e. The molecule has 2 amide bonds. The largest absolute Gasteiger partial charge is 0.377 e. The van der Waals surface area contributed by atoms with E-state index in [-0.39, 0.29) is 23.8 Å². The lowest BCUT2D eigenvalue weighted by Gasteiger charge is -2.20. The molecule has 1 aliphatic heterocycles. The molecule has 0 saturated carbocycles. The highest BCUT2D eigenvalue weighted by molar-refractivity contribution is 5.89. The van der Waals surface area contributed by atoms with Gasteiger partial charge in [-0.1, -0.05) is 0 Å². The predicted octanol–water partition coefficient (Wildman–Crippen LogP) is 0.00590. The Morgan fingerprint density at radius 1 is 1.62 bits per heavy atom. The Kier molecular flexibility index (Phi) is 4.73. The predicted molar refractivity (Wildman–Crippen MR) is 59.8 cm³/mol. The van der Waals surface area contributed by atoms with Crippen molar-refractivity contribution in [1.82, 2.24) is 10.2 Å². The average Bonchev–Trinajstić information content (AvgIpc) is 2.63. The molecule has 16 heavy (non-hydrogen) atoms. The van der Waals surface area contributed by atoms with E-state index in [1.165, 1.54) is 0 Å². The van der Waals surface area contributed by atoms with E-state index < -0.39 is 0 Å². The number of hydrogen-bond donors (Lipinski definition) is 1. The van der Waals surface area contributed by atoms with Crippen LogP contribution in [0.2, 0.25) is 0 Å². The first-order valence-corrected chi connectivity index (χ1v) is 5.64. The van der Waals surface area contributed by atoms with E-state index in [9.17, 15) is 9.59 Å². The number of nitrogens with zero attached hydrogens (tertiary/aromatic N) is 1. The summed E-state index contributed by atoms with van der Waals surface area (Å²) in [5.41, 5.74) is 0. The highest BCUT2D eigenvalue weighted by Gasteiger charge is 2.29. The van der Waals surface area contributed by atoms with Crippen molar-refractivity contribution in [3.8, 4) is 0 Å². The second-order valence-electron chi connectivity index (χ2n) is 4.38. The smallest absolute Gasteiger partial charge is 0.227 e. The molecule has 1 N–H and O–H groups in total. The van der Waals surface area contributed by atoms with Gasteiger partial charge in [0.1, 0.15) is 0 Å². The van der Waals surface area contributed by atoms with Gasteiger partial charge in [0.15, 0.2) is 0 Å². The van der Waals surface area contributed by atoms with Crippen molar-refractivity contribution in [3.63, 3.8) is 0 Å². The van der Waals surface area contributed by atoms with E-state index in [1.807, 2.05) is 13.8 Å². The van der Waals surface area contributed by atoms with Crippen LogP contribution in [0, 0.1) is 5.92 Å². The highest BCUT2D eigenvalue weighted by atomic mass is 16.5. The van der Waals surface area contributed by atoms with Crippen LogP contribution in [-0.4, -0.2) is 49.6 Å². The lowest BCUT2D eigenvalue weighted by atomic mass is 10.1. The minimum atomic E-state index is -0.198. The number of carbonyl (C=O) groups excluding carboxylic acids is 2. The van der Waals surface area contributed by atoms with Crippen LogP contribution in [0.15, 0.2) is 0 Å². The average molecular weight is 228 g/mol. The third-order valence-electron chi connectivity index (χ3n) is 2.58. The molecule has 5 nitrogen and oxygen atoms in total. The standard InChI is InChI=1S/C11H20N2O3/c1-8(2)16-5-4-13(3)11(15)9-6-10(14)12-7-9/h8-9H,4-7H2,1-3H3,(H,12,14). The summed E-state index contributed by atoms with van der Waals surface area (Å²) in [5.74, 6) is -0.215. The summed E-state index contributed by atoms with van der Waals surface area (Å²) in [4.78, 5) is 24.5. The molecule has 0 spiro atoms. The Morgan fingerprint density at radius 2 is 2.31 bits per heavy atom. The normalized spacial score (nSPS) is 20.0. The van der Waals surface area contributed by atoms with Gasteiger partial charge in [-0.3, -0.25) is 9.59 Å². The minimum Gasteiger partial charge on any atom is -0.377 e. The molecule has 1 aliphatic rings. The van der Waals surface area contributed by atoms with Gasteiger partial charge in [-0.05, 0) is 13.8 Å². The number of carbonyl (C=O) groups is 2. The molecule has 1 atom stereocenters. The number of hydrogen-bond acceptors (Lipinski definition) is 3. The molecule has 1 saturated heterocycles. The van der Waals surface area contributed by atoms with Crippen LogP contribution >= 0.6 is 0 Å². The molecule has 1 fully saturated rings. The monoisotopic (exact) mass is 228 g/mol. The van der Waals surface area contributed by atoms with Crippen LogP contribution in [0.4, 0.5) is 0 Å². The topological polar surface area (TPSA) is 58.6 Å². The molecule has 5 heteroatoms. The number of rotatable bonds is 5. The summed E-state index contributed by atoms with van der Waals surface area (Å²) in [6, 6.07) is 0. The summed E-state index contributed by atoms with van der Waals surface area (Å²) in [5, 5.41) is 2.66. The van der Waals surface area contributed by atoms with Crippen molar-refractivity contribution >= 4 is 11.8 Å². The molecule has 1 unspecified atom stereocenters. The number of ether oxygens (including phenoxy) is 1. The summed E-state index contributed by atoms with van der Waals surface area (Å²) in [6.45, 7) is 5.49. The fourth-order valence-corrected chi connectivity index (χ4v) is 1.63. The van der Waals surface area contributed by atoms with Crippen LogP contribution in [0.25, 0.3) is 0 Å². The first-order valence-electron chi connectivity index (χ1n) is 5.64. The maximum atomic E-state index is 11.8. The molecule has 0 aromatic rings. The van der Waals surface area contributed by atoms with Gasteiger partial charge in [0.25, 0.3) is 0 Å². The summed E-state index contributed by atoms with van der Waals surface area (Å²) < 4.78 is 5.37. The quantitative estimate of drug-likeness (QED) is 0.721. The van der Waals surface area contributed by atoms with Gasteiger partial charge in [0.05, 0.1) is 18.6 Å². The fraction of sp³-hybridized carbons (Fsp3) is 0.818. The minimum absolute atomic E-state index is 0.0192. The van der Waals surface area contributed by atoms with Crippen LogP contribution in [0.5, 0.6) is 0 Å². The zero-order valence-corrected chi connectivity index (χ0v) is 10.2. The van der Waals surface area contributed by atoms with E-state index in [0.29, 0.717) is 26.1 Å². The third kappa shape index (κ3) is 3.81. The van der Waals surface area contributed by atoms with Gasteiger partial charge in [0, 0.05) is 26.6 Å². The van der Waals surface area contributed by atoms with Gasteiger partial charge in [0.2, 0.25) is 11.8 Å². The molecule has 0 aliphatic carbocycles. The van der Waals surface area contributed by atoms with E-state index in [0.717, 1.165) is 0 Å². The lowest BCUT2D eigenvalue weighted by Crippen LogP contribution is -2.36. The Balaban J connectivity index is 2.27.